The highest BCUT2D eigenvalue weighted by atomic mass is 32.1. The van der Waals surface area contributed by atoms with E-state index in [-0.39, 0.29) is 27.9 Å². The number of anilines is 1. The number of aliphatic hydroxyl groups is 1. The Morgan fingerprint density at radius 1 is 1.02 bits per heavy atom. The van der Waals surface area contributed by atoms with Gasteiger partial charge in [0.2, 0.25) is 0 Å². The Morgan fingerprint density at radius 2 is 1.76 bits per heavy atom. The minimum Gasteiger partial charge on any atom is -0.507 e. The fourth-order valence-corrected chi connectivity index (χ4v) is 5.78. The van der Waals surface area contributed by atoms with Crippen LogP contribution in [0.2, 0.25) is 0 Å². The maximum atomic E-state index is 13.7. The van der Waals surface area contributed by atoms with Crippen LogP contribution in [0.15, 0.2) is 97.1 Å². The Kier molecular flexibility index (Phi) is 9.74. The quantitative estimate of drug-likeness (QED) is 0.0433. The molecule has 2 heterocycles. The van der Waals surface area contributed by atoms with E-state index in [0.29, 0.717) is 40.7 Å². The van der Waals surface area contributed by atoms with E-state index in [0.717, 1.165) is 24.2 Å². The number of thiazole rings is 1. The number of nitrogens with zero attached hydrogens (tertiary/aromatic N) is 2. The van der Waals surface area contributed by atoms with Gasteiger partial charge in [-0.25, -0.2) is 9.78 Å². The van der Waals surface area contributed by atoms with Gasteiger partial charge in [-0.3, -0.25) is 14.5 Å². The monoisotopic (exact) mass is 624 g/mol. The number of Topliss-reactive ketones (excluding diaryl/α,β-unsaturated/α-hetero) is 1. The molecule has 1 amide bonds. The average molecular weight is 625 g/mol. The Balaban J connectivity index is 1.60. The van der Waals surface area contributed by atoms with E-state index >= 15 is 0 Å². The largest absolute Gasteiger partial charge is 0.507 e. The van der Waals surface area contributed by atoms with Crippen LogP contribution in [0.1, 0.15) is 52.3 Å². The third-order valence-electron chi connectivity index (χ3n) is 7.00. The van der Waals surface area contributed by atoms with E-state index in [4.69, 9.17) is 14.2 Å². The van der Waals surface area contributed by atoms with E-state index in [1.54, 1.807) is 67.6 Å². The van der Waals surface area contributed by atoms with Crippen LogP contribution in [0.4, 0.5) is 5.13 Å². The SMILES string of the molecule is C=CCOC(=O)c1sc(N2C(=O)C(=O)C(=C(O)c3ccc(OCCCC)cc3)C2c2cccc(Oc3ccccc3)c2)nc1C. The molecule has 9 nitrogen and oxygen atoms in total. The molecule has 1 unspecified atom stereocenters. The molecule has 230 valence electrons. The van der Waals surface area contributed by atoms with Crippen molar-refractivity contribution in [2.75, 3.05) is 18.1 Å². The number of rotatable bonds is 12. The van der Waals surface area contributed by atoms with E-state index in [9.17, 15) is 19.5 Å². The van der Waals surface area contributed by atoms with E-state index in [1.807, 2.05) is 18.2 Å². The summed E-state index contributed by atoms with van der Waals surface area (Å²) in [6.07, 6.45) is 3.34. The maximum absolute atomic E-state index is 13.7. The molecule has 1 fully saturated rings. The Hall–Kier alpha value is -5.22. The van der Waals surface area contributed by atoms with Gasteiger partial charge in [-0.1, -0.05) is 67.7 Å². The molecule has 0 saturated carbocycles. The van der Waals surface area contributed by atoms with Gasteiger partial charge in [0.25, 0.3) is 5.78 Å². The second-order valence-corrected chi connectivity index (χ2v) is 11.2. The summed E-state index contributed by atoms with van der Waals surface area (Å²) in [6.45, 7) is 7.82. The number of esters is 1. The van der Waals surface area contributed by atoms with Gasteiger partial charge in [-0.2, -0.15) is 0 Å². The van der Waals surface area contributed by atoms with Gasteiger partial charge in [-0.15, -0.1) is 0 Å². The number of ether oxygens (including phenoxy) is 3. The van der Waals surface area contributed by atoms with E-state index in [1.165, 1.54) is 11.0 Å². The lowest BCUT2D eigenvalue weighted by molar-refractivity contribution is -0.132. The Bertz CT molecular complexity index is 1750. The molecule has 0 radical (unpaired) electrons. The predicted octanol–water partition coefficient (Wildman–Crippen LogP) is 7.39. The number of unbranched alkanes of at least 4 members (excludes halogenated alkanes) is 1. The number of hydrogen-bond acceptors (Lipinski definition) is 9. The first-order valence-corrected chi connectivity index (χ1v) is 15.3. The molecule has 3 aromatic carbocycles. The van der Waals surface area contributed by atoms with Crippen LogP contribution in [-0.2, 0) is 14.3 Å². The number of amides is 1. The molecule has 4 aromatic rings. The minimum atomic E-state index is -1.08. The zero-order valence-corrected chi connectivity index (χ0v) is 25.7. The summed E-state index contributed by atoms with van der Waals surface area (Å²) < 4.78 is 17.0. The van der Waals surface area contributed by atoms with Crippen molar-refractivity contribution in [1.29, 1.82) is 0 Å². The van der Waals surface area contributed by atoms with Crippen molar-refractivity contribution < 1.29 is 33.7 Å². The number of aromatic nitrogens is 1. The normalized spacial score (nSPS) is 15.6. The number of hydrogen-bond donors (Lipinski definition) is 1. The molecule has 0 spiro atoms. The fourth-order valence-electron chi connectivity index (χ4n) is 4.79. The molecule has 1 saturated heterocycles. The topological polar surface area (TPSA) is 115 Å². The maximum Gasteiger partial charge on any atom is 0.350 e. The van der Waals surface area contributed by atoms with Crippen LogP contribution in [0.3, 0.4) is 0 Å². The highest BCUT2D eigenvalue weighted by Gasteiger charge is 2.48. The van der Waals surface area contributed by atoms with Crippen molar-refractivity contribution in [2.45, 2.75) is 32.7 Å². The minimum absolute atomic E-state index is 0.00661. The summed E-state index contributed by atoms with van der Waals surface area (Å²) >= 11 is 0.928. The van der Waals surface area contributed by atoms with E-state index in [2.05, 4.69) is 18.5 Å². The number of aryl methyl sites for hydroxylation is 1. The van der Waals surface area contributed by atoms with Crippen LogP contribution in [0.25, 0.3) is 5.76 Å². The molecule has 1 aliphatic heterocycles. The van der Waals surface area contributed by atoms with Crippen molar-refractivity contribution >= 4 is 39.9 Å². The number of carbonyl (C=O) groups is 3. The summed E-state index contributed by atoms with van der Waals surface area (Å²) in [7, 11) is 0. The van der Waals surface area contributed by atoms with Crippen LogP contribution in [0, 0.1) is 6.92 Å². The van der Waals surface area contributed by atoms with Gasteiger partial charge in [0, 0.05) is 5.56 Å². The highest BCUT2D eigenvalue weighted by Crippen LogP contribution is 2.45. The first-order valence-electron chi connectivity index (χ1n) is 14.4. The second-order valence-electron chi connectivity index (χ2n) is 10.2. The third-order valence-corrected chi connectivity index (χ3v) is 8.14. The molecular formula is C35H32N2O7S. The molecule has 1 aliphatic rings. The van der Waals surface area contributed by atoms with Gasteiger partial charge < -0.3 is 19.3 Å². The van der Waals surface area contributed by atoms with Gasteiger partial charge in [0.15, 0.2) is 5.13 Å². The highest BCUT2D eigenvalue weighted by molar-refractivity contribution is 7.17. The molecule has 45 heavy (non-hydrogen) atoms. The van der Waals surface area contributed by atoms with Crippen LogP contribution in [-0.4, -0.2) is 41.0 Å². The summed E-state index contributed by atoms with van der Waals surface area (Å²) in [5.41, 5.74) is 1.04. The van der Waals surface area contributed by atoms with Crippen LogP contribution < -0.4 is 14.4 Å². The predicted molar refractivity (Wildman–Crippen MR) is 172 cm³/mol. The first kappa shape index (κ1) is 31.2. The van der Waals surface area contributed by atoms with Gasteiger partial charge >= 0.3 is 11.9 Å². The molecular weight excluding hydrogens is 592 g/mol. The van der Waals surface area contributed by atoms with Gasteiger partial charge in [-0.05, 0) is 67.4 Å². The molecule has 1 atom stereocenters. The molecule has 10 heteroatoms. The first-order chi connectivity index (χ1) is 21.8. The number of aliphatic hydroxyl groups excluding tert-OH is 1. The van der Waals surface area contributed by atoms with Crippen LogP contribution in [0.5, 0.6) is 17.2 Å². The molecule has 0 bridgehead atoms. The molecule has 1 aromatic heterocycles. The van der Waals surface area contributed by atoms with Crippen molar-refractivity contribution in [3.63, 3.8) is 0 Å². The fraction of sp³-hybridized carbons (Fsp3) is 0.200. The van der Waals surface area contributed by atoms with Crippen molar-refractivity contribution in [1.82, 2.24) is 4.98 Å². The summed E-state index contributed by atoms with van der Waals surface area (Å²) in [5, 5.41) is 11.7. The van der Waals surface area contributed by atoms with Crippen molar-refractivity contribution in [3.05, 3.63) is 119 Å². The summed E-state index contributed by atoms with van der Waals surface area (Å²) in [4.78, 5) is 45.9. The summed E-state index contributed by atoms with van der Waals surface area (Å²) in [6, 6.07) is 21.7. The molecule has 5 rings (SSSR count). The van der Waals surface area contributed by atoms with E-state index < -0.39 is 23.7 Å². The average Bonchev–Trinajstić information content (AvgIpc) is 3.56. The lowest BCUT2D eigenvalue weighted by Crippen LogP contribution is -2.29. The third kappa shape index (κ3) is 6.81. The lowest BCUT2D eigenvalue weighted by Gasteiger charge is -2.23. The Labute approximate surface area is 265 Å². The zero-order chi connectivity index (χ0) is 31.9. The molecule has 0 aliphatic carbocycles. The Morgan fingerprint density at radius 3 is 2.47 bits per heavy atom. The van der Waals surface area contributed by atoms with Crippen LogP contribution >= 0.6 is 11.3 Å². The smallest absolute Gasteiger partial charge is 0.350 e. The van der Waals surface area contributed by atoms with Crippen molar-refractivity contribution in [3.8, 4) is 17.2 Å². The number of ketones is 1. The number of benzene rings is 3. The zero-order valence-electron chi connectivity index (χ0n) is 24.9. The lowest BCUT2D eigenvalue weighted by atomic mass is 9.95. The van der Waals surface area contributed by atoms with Gasteiger partial charge in [0.1, 0.15) is 34.5 Å². The summed E-state index contributed by atoms with van der Waals surface area (Å²) in [5.74, 6) is -1.08. The van der Waals surface area contributed by atoms with Crippen molar-refractivity contribution in [2.24, 2.45) is 0 Å². The second kappa shape index (κ2) is 14.0. The number of carbonyl (C=O) groups excluding carboxylic acids is 3. The number of para-hydroxylation sites is 1. The van der Waals surface area contributed by atoms with Gasteiger partial charge in [0.05, 0.1) is 23.9 Å². The standard InChI is InChI=1S/C35H32N2O7S/c1-4-6-20-42-25-17-15-23(16-18-25)30(38)28-29(24-11-10-14-27(21-24)44-26-12-8-7-9-13-26)37(33(40)31(28)39)35-36-22(3)32(45-35)34(41)43-19-5-2/h5,7-18,21,29,38H,2,4,6,19-20H2,1,3H3. The molecule has 1 N–H and O–H groups in total.